The number of methoxy groups -OCH3 is 2. The maximum Gasteiger partial charge on any atom is 0.350 e. The molecule has 33 heavy (non-hydrogen) atoms. The van der Waals surface area contributed by atoms with E-state index < -0.39 is 24.4 Å². The molecule has 1 heterocycles. The highest BCUT2D eigenvalue weighted by molar-refractivity contribution is 7.17. The summed E-state index contributed by atoms with van der Waals surface area (Å²) in [6, 6.07) is 10.2. The lowest BCUT2D eigenvalue weighted by Crippen LogP contribution is -2.43. The molecule has 172 valence electrons. The van der Waals surface area contributed by atoms with Gasteiger partial charge in [-0.05, 0) is 49.4 Å². The summed E-state index contributed by atoms with van der Waals surface area (Å²) in [5.41, 5.74) is 5.69. The Bertz CT molecular complexity index is 1180. The predicted molar refractivity (Wildman–Crippen MR) is 118 cm³/mol. The fourth-order valence-electron chi connectivity index (χ4n) is 2.71. The van der Waals surface area contributed by atoms with E-state index in [1.54, 1.807) is 25.1 Å². The standard InChI is InChI=1S/C22H20FN3O6S/c1-12-19(33-21(24-12)13-4-7-15(23)8-5-13)22(29)32-11-18(27)25-26-20(28)14-6-9-16(30-2)17(10-14)31-3/h4-10H,11H2,1-3H3,(H,25,27)(H,26,28). The van der Waals surface area contributed by atoms with E-state index in [1.807, 2.05) is 0 Å². The van der Waals surface area contributed by atoms with E-state index in [-0.39, 0.29) is 16.3 Å². The molecule has 0 spiro atoms. The number of esters is 1. The number of carbonyl (C=O) groups excluding carboxylic acids is 3. The molecule has 2 amide bonds. The van der Waals surface area contributed by atoms with Crippen molar-refractivity contribution in [2.45, 2.75) is 6.92 Å². The number of nitrogens with one attached hydrogen (secondary N) is 2. The molecule has 0 saturated carbocycles. The molecule has 0 saturated heterocycles. The highest BCUT2D eigenvalue weighted by Gasteiger charge is 2.19. The Morgan fingerprint density at radius 2 is 1.70 bits per heavy atom. The zero-order valence-corrected chi connectivity index (χ0v) is 18.7. The minimum atomic E-state index is -0.738. The minimum Gasteiger partial charge on any atom is -0.493 e. The van der Waals surface area contributed by atoms with Crippen LogP contribution in [0.1, 0.15) is 25.7 Å². The molecule has 3 rings (SSSR count). The lowest BCUT2D eigenvalue weighted by Gasteiger charge is -2.10. The van der Waals surface area contributed by atoms with Crippen molar-refractivity contribution in [2.24, 2.45) is 0 Å². The Kier molecular flexibility index (Phi) is 7.57. The van der Waals surface area contributed by atoms with Crippen LogP contribution in [0, 0.1) is 12.7 Å². The lowest BCUT2D eigenvalue weighted by molar-refractivity contribution is -0.125. The molecule has 0 atom stereocenters. The van der Waals surface area contributed by atoms with Crippen molar-refractivity contribution >= 4 is 29.1 Å². The van der Waals surface area contributed by atoms with Crippen LogP contribution < -0.4 is 20.3 Å². The number of carbonyl (C=O) groups is 3. The van der Waals surface area contributed by atoms with E-state index in [4.69, 9.17) is 14.2 Å². The number of rotatable bonds is 7. The van der Waals surface area contributed by atoms with Gasteiger partial charge in [0.2, 0.25) is 0 Å². The maximum absolute atomic E-state index is 13.1. The summed E-state index contributed by atoms with van der Waals surface area (Å²) < 4.78 is 28.4. The van der Waals surface area contributed by atoms with Crippen molar-refractivity contribution in [3.63, 3.8) is 0 Å². The van der Waals surface area contributed by atoms with Crippen LogP contribution in [0.15, 0.2) is 42.5 Å². The molecule has 2 aromatic carbocycles. The molecule has 2 N–H and O–H groups in total. The number of amides is 2. The monoisotopic (exact) mass is 473 g/mol. The molecule has 0 radical (unpaired) electrons. The molecule has 11 heteroatoms. The summed E-state index contributed by atoms with van der Waals surface area (Å²) >= 11 is 1.07. The van der Waals surface area contributed by atoms with Crippen LogP contribution in [0.25, 0.3) is 10.6 Å². The average molecular weight is 473 g/mol. The van der Waals surface area contributed by atoms with Crippen molar-refractivity contribution in [1.82, 2.24) is 15.8 Å². The van der Waals surface area contributed by atoms with E-state index >= 15 is 0 Å². The molecule has 3 aromatic rings. The smallest absolute Gasteiger partial charge is 0.350 e. The first-order chi connectivity index (χ1) is 15.8. The Morgan fingerprint density at radius 1 is 1.00 bits per heavy atom. The van der Waals surface area contributed by atoms with Crippen molar-refractivity contribution < 1.29 is 33.0 Å². The van der Waals surface area contributed by atoms with E-state index in [2.05, 4.69) is 15.8 Å². The first kappa shape index (κ1) is 23.7. The summed E-state index contributed by atoms with van der Waals surface area (Å²) in [6.45, 7) is 1.01. The first-order valence-corrected chi connectivity index (χ1v) is 10.4. The number of ether oxygens (including phenoxy) is 3. The minimum absolute atomic E-state index is 0.219. The fourth-order valence-corrected chi connectivity index (χ4v) is 3.68. The third-order valence-electron chi connectivity index (χ3n) is 4.37. The van der Waals surface area contributed by atoms with Crippen LogP contribution >= 0.6 is 11.3 Å². The normalized spacial score (nSPS) is 10.3. The molecular formula is C22H20FN3O6S. The quantitative estimate of drug-likeness (QED) is 0.400. The topological polar surface area (TPSA) is 116 Å². The van der Waals surface area contributed by atoms with E-state index in [0.717, 1.165) is 11.3 Å². The number of hydrogen-bond donors (Lipinski definition) is 2. The third-order valence-corrected chi connectivity index (χ3v) is 5.56. The maximum atomic E-state index is 13.1. The number of hydrazine groups is 1. The Labute approximate surface area is 192 Å². The Hall–Kier alpha value is -3.99. The van der Waals surface area contributed by atoms with Gasteiger partial charge in [-0.3, -0.25) is 20.4 Å². The highest BCUT2D eigenvalue weighted by Crippen LogP contribution is 2.29. The van der Waals surface area contributed by atoms with Gasteiger partial charge in [0.15, 0.2) is 18.1 Å². The van der Waals surface area contributed by atoms with Gasteiger partial charge >= 0.3 is 5.97 Å². The largest absolute Gasteiger partial charge is 0.493 e. The summed E-state index contributed by atoms with van der Waals surface area (Å²) in [6.07, 6.45) is 0. The predicted octanol–water partition coefficient (Wildman–Crippen LogP) is 2.89. The van der Waals surface area contributed by atoms with E-state index in [1.165, 1.54) is 38.5 Å². The second-order valence-electron chi connectivity index (χ2n) is 6.59. The molecule has 0 aliphatic rings. The van der Waals surface area contributed by atoms with Gasteiger partial charge in [-0.1, -0.05) is 0 Å². The van der Waals surface area contributed by atoms with Crippen LogP contribution in [0.3, 0.4) is 0 Å². The molecule has 0 unspecified atom stereocenters. The van der Waals surface area contributed by atoms with Gasteiger partial charge in [0.1, 0.15) is 15.7 Å². The number of aromatic nitrogens is 1. The van der Waals surface area contributed by atoms with Crippen LogP contribution in [0.4, 0.5) is 4.39 Å². The third kappa shape index (κ3) is 5.83. The molecular weight excluding hydrogens is 453 g/mol. The number of aryl methyl sites for hydroxylation is 1. The van der Waals surface area contributed by atoms with Crippen molar-refractivity contribution in [1.29, 1.82) is 0 Å². The van der Waals surface area contributed by atoms with Crippen LogP contribution in [0.5, 0.6) is 11.5 Å². The molecule has 1 aromatic heterocycles. The fraction of sp³-hybridized carbons (Fsp3) is 0.182. The van der Waals surface area contributed by atoms with Gasteiger partial charge in [0.25, 0.3) is 11.8 Å². The number of halogens is 1. The van der Waals surface area contributed by atoms with Crippen molar-refractivity contribution in [3.05, 3.63) is 64.4 Å². The number of nitrogens with zero attached hydrogens (tertiary/aromatic N) is 1. The molecule has 9 nitrogen and oxygen atoms in total. The zero-order chi connectivity index (χ0) is 24.0. The van der Waals surface area contributed by atoms with Crippen molar-refractivity contribution in [2.75, 3.05) is 20.8 Å². The van der Waals surface area contributed by atoms with Crippen LogP contribution in [0.2, 0.25) is 0 Å². The van der Waals surface area contributed by atoms with Gasteiger partial charge < -0.3 is 14.2 Å². The summed E-state index contributed by atoms with van der Waals surface area (Å²) in [5, 5.41) is 0.520. The first-order valence-electron chi connectivity index (χ1n) is 9.54. The van der Waals surface area contributed by atoms with Crippen LogP contribution in [-0.4, -0.2) is 43.6 Å². The van der Waals surface area contributed by atoms with Gasteiger partial charge in [0, 0.05) is 11.1 Å². The second-order valence-corrected chi connectivity index (χ2v) is 7.59. The lowest BCUT2D eigenvalue weighted by atomic mass is 10.2. The van der Waals surface area contributed by atoms with Gasteiger partial charge in [-0.2, -0.15) is 0 Å². The molecule has 0 bridgehead atoms. The Balaban J connectivity index is 1.53. The Morgan fingerprint density at radius 3 is 2.36 bits per heavy atom. The summed E-state index contributed by atoms with van der Waals surface area (Å²) in [4.78, 5) is 41.1. The molecule has 0 fully saturated rings. The molecule has 0 aliphatic heterocycles. The number of hydrogen-bond acceptors (Lipinski definition) is 8. The second kappa shape index (κ2) is 10.6. The average Bonchev–Trinajstić information content (AvgIpc) is 3.22. The van der Waals surface area contributed by atoms with Gasteiger partial charge in [0.05, 0.1) is 19.9 Å². The SMILES string of the molecule is COc1ccc(C(=O)NNC(=O)COC(=O)c2sc(-c3ccc(F)cc3)nc2C)cc1OC. The van der Waals surface area contributed by atoms with Gasteiger partial charge in [-0.25, -0.2) is 14.2 Å². The van der Waals surface area contributed by atoms with E-state index in [0.29, 0.717) is 27.8 Å². The zero-order valence-electron chi connectivity index (χ0n) is 17.9. The van der Waals surface area contributed by atoms with E-state index in [9.17, 15) is 18.8 Å². The van der Waals surface area contributed by atoms with Crippen molar-refractivity contribution in [3.8, 4) is 22.1 Å². The van der Waals surface area contributed by atoms with Crippen LogP contribution in [-0.2, 0) is 9.53 Å². The molecule has 0 aliphatic carbocycles. The van der Waals surface area contributed by atoms with Gasteiger partial charge in [-0.15, -0.1) is 11.3 Å². The summed E-state index contributed by atoms with van der Waals surface area (Å²) in [5.74, 6) is -1.65. The number of thiazole rings is 1. The number of benzene rings is 2. The highest BCUT2D eigenvalue weighted by atomic mass is 32.1. The summed E-state index contributed by atoms with van der Waals surface area (Å²) in [7, 11) is 2.90.